The number of hydrazone groups is 1. The monoisotopic (exact) mass is 437 g/mol. The van der Waals surface area contributed by atoms with E-state index in [0.29, 0.717) is 21.5 Å². The third-order valence-electron chi connectivity index (χ3n) is 4.19. The van der Waals surface area contributed by atoms with Crippen LogP contribution in [0.15, 0.2) is 83.3 Å². The van der Waals surface area contributed by atoms with Crippen LogP contribution >= 0.6 is 22.9 Å². The Hall–Kier alpha value is -3.22. The van der Waals surface area contributed by atoms with Gasteiger partial charge in [0.2, 0.25) is 5.13 Å². The summed E-state index contributed by atoms with van der Waals surface area (Å²) in [6.07, 6.45) is 1.62. The van der Waals surface area contributed by atoms with Crippen LogP contribution in [0.4, 0.5) is 9.52 Å². The molecule has 1 heterocycles. The molecule has 0 fully saturated rings. The molecule has 150 valence electrons. The van der Waals surface area contributed by atoms with E-state index in [9.17, 15) is 4.39 Å². The molecule has 1 N–H and O–H groups in total. The molecule has 7 heteroatoms. The van der Waals surface area contributed by atoms with Crippen LogP contribution in [-0.4, -0.2) is 11.2 Å². The van der Waals surface area contributed by atoms with Crippen molar-refractivity contribution in [1.29, 1.82) is 0 Å². The lowest BCUT2D eigenvalue weighted by atomic mass is 10.2. The average molecular weight is 438 g/mol. The van der Waals surface area contributed by atoms with Gasteiger partial charge in [-0.3, -0.25) is 5.43 Å². The normalized spacial score (nSPS) is 11.0. The quantitative estimate of drug-likeness (QED) is 0.261. The second kappa shape index (κ2) is 9.52. The Kier molecular flexibility index (Phi) is 6.37. The summed E-state index contributed by atoms with van der Waals surface area (Å²) in [4.78, 5) is 4.54. The zero-order valence-corrected chi connectivity index (χ0v) is 17.3. The van der Waals surface area contributed by atoms with Crippen LogP contribution in [0.25, 0.3) is 11.3 Å². The lowest BCUT2D eigenvalue weighted by Crippen LogP contribution is -1.99. The molecule has 0 atom stereocenters. The predicted molar refractivity (Wildman–Crippen MR) is 121 cm³/mol. The molecule has 4 aromatic rings. The molecule has 0 saturated heterocycles. The zero-order chi connectivity index (χ0) is 20.8. The van der Waals surface area contributed by atoms with E-state index in [1.165, 1.54) is 23.5 Å². The Balaban J connectivity index is 1.44. The minimum atomic E-state index is -0.295. The van der Waals surface area contributed by atoms with E-state index < -0.39 is 0 Å². The highest BCUT2D eigenvalue weighted by Crippen LogP contribution is 2.25. The number of nitrogens with zero attached hydrogens (tertiary/aromatic N) is 2. The van der Waals surface area contributed by atoms with Gasteiger partial charge < -0.3 is 4.74 Å². The van der Waals surface area contributed by atoms with Crippen molar-refractivity contribution in [2.75, 3.05) is 5.43 Å². The summed E-state index contributed by atoms with van der Waals surface area (Å²) >= 11 is 7.59. The molecule has 0 spiro atoms. The van der Waals surface area contributed by atoms with Gasteiger partial charge in [0, 0.05) is 21.5 Å². The number of aromatic nitrogens is 1. The molecule has 0 radical (unpaired) electrons. The van der Waals surface area contributed by atoms with Crippen LogP contribution in [0.2, 0.25) is 5.02 Å². The number of hydrogen-bond acceptors (Lipinski definition) is 5. The van der Waals surface area contributed by atoms with E-state index in [0.717, 1.165) is 16.8 Å². The summed E-state index contributed by atoms with van der Waals surface area (Å²) in [6.45, 7) is 0.237. The highest BCUT2D eigenvalue weighted by atomic mass is 35.5. The molecule has 1 aromatic heterocycles. The van der Waals surface area contributed by atoms with E-state index in [4.69, 9.17) is 16.3 Å². The summed E-state index contributed by atoms with van der Waals surface area (Å²) in [6, 6.07) is 21.5. The van der Waals surface area contributed by atoms with Crippen molar-refractivity contribution in [3.8, 4) is 17.0 Å². The number of anilines is 1. The molecule has 0 aliphatic rings. The minimum absolute atomic E-state index is 0.237. The van der Waals surface area contributed by atoms with Crippen molar-refractivity contribution < 1.29 is 9.13 Å². The van der Waals surface area contributed by atoms with Crippen molar-refractivity contribution in [3.05, 3.63) is 100 Å². The number of halogens is 2. The number of rotatable bonds is 7. The number of benzene rings is 3. The molecule has 0 aliphatic carbocycles. The third-order valence-corrected chi connectivity index (χ3v) is 5.17. The van der Waals surface area contributed by atoms with Gasteiger partial charge >= 0.3 is 0 Å². The summed E-state index contributed by atoms with van der Waals surface area (Å²) in [5, 5.41) is 7.48. The Labute approximate surface area is 182 Å². The van der Waals surface area contributed by atoms with Gasteiger partial charge in [0.25, 0.3) is 0 Å². The maximum Gasteiger partial charge on any atom is 0.203 e. The molecule has 4 nitrogen and oxygen atoms in total. The van der Waals surface area contributed by atoms with Gasteiger partial charge in [0.05, 0.1) is 11.9 Å². The summed E-state index contributed by atoms with van der Waals surface area (Å²) in [5.74, 6) is 0.301. The van der Waals surface area contributed by atoms with Crippen LogP contribution in [0, 0.1) is 5.82 Å². The van der Waals surface area contributed by atoms with E-state index in [1.807, 2.05) is 35.7 Å². The van der Waals surface area contributed by atoms with Crippen LogP contribution in [-0.2, 0) is 6.61 Å². The second-order valence-electron chi connectivity index (χ2n) is 6.37. The van der Waals surface area contributed by atoms with Crippen LogP contribution < -0.4 is 10.2 Å². The Morgan fingerprint density at radius 1 is 1.07 bits per heavy atom. The SMILES string of the molecule is Fc1cccc(COc2ccc(Cl)cc2C=NNc2nc(-c3ccccc3)cs2)c1. The van der Waals surface area contributed by atoms with E-state index in [-0.39, 0.29) is 12.4 Å². The molecule has 0 unspecified atom stereocenters. The second-order valence-corrected chi connectivity index (χ2v) is 7.67. The van der Waals surface area contributed by atoms with Crippen molar-refractivity contribution in [1.82, 2.24) is 4.98 Å². The topological polar surface area (TPSA) is 46.5 Å². The molecule has 0 saturated carbocycles. The largest absolute Gasteiger partial charge is 0.488 e. The highest BCUT2D eigenvalue weighted by Gasteiger charge is 2.06. The molecule has 30 heavy (non-hydrogen) atoms. The standard InChI is InChI=1S/C23H17ClFN3OS/c24-19-9-10-22(29-14-16-5-4-8-20(25)11-16)18(12-19)13-26-28-23-27-21(15-30-23)17-6-2-1-3-7-17/h1-13,15H,14H2,(H,27,28). The summed E-state index contributed by atoms with van der Waals surface area (Å²) in [7, 11) is 0. The number of ether oxygens (including phenoxy) is 1. The molecular weight excluding hydrogens is 421 g/mol. The van der Waals surface area contributed by atoms with E-state index >= 15 is 0 Å². The van der Waals surface area contributed by atoms with Gasteiger partial charge in [-0.15, -0.1) is 11.3 Å². The van der Waals surface area contributed by atoms with Crippen molar-refractivity contribution in [3.63, 3.8) is 0 Å². The van der Waals surface area contributed by atoms with E-state index in [2.05, 4.69) is 15.5 Å². The molecule has 3 aromatic carbocycles. The first kappa shape index (κ1) is 20.1. The zero-order valence-electron chi connectivity index (χ0n) is 15.8. The molecule has 0 aliphatic heterocycles. The fraction of sp³-hybridized carbons (Fsp3) is 0.0435. The summed E-state index contributed by atoms with van der Waals surface area (Å²) < 4.78 is 19.2. The fourth-order valence-corrected chi connectivity index (χ4v) is 3.61. The Morgan fingerprint density at radius 2 is 1.93 bits per heavy atom. The van der Waals surface area contributed by atoms with Gasteiger partial charge in [0.15, 0.2) is 0 Å². The molecular formula is C23H17ClFN3OS. The number of hydrogen-bond donors (Lipinski definition) is 1. The molecule has 0 amide bonds. The average Bonchev–Trinajstić information content (AvgIpc) is 3.23. The lowest BCUT2D eigenvalue weighted by Gasteiger charge is -2.09. The first-order valence-corrected chi connectivity index (χ1v) is 10.4. The van der Waals surface area contributed by atoms with E-state index in [1.54, 1.807) is 36.5 Å². The van der Waals surface area contributed by atoms with Gasteiger partial charge in [-0.05, 0) is 35.9 Å². The van der Waals surface area contributed by atoms with Gasteiger partial charge in [-0.1, -0.05) is 54.1 Å². The predicted octanol–water partition coefficient (Wildman–Crippen LogP) is 6.63. The smallest absolute Gasteiger partial charge is 0.203 e. The van der Waals surface area contributed by atoms with Crippen LogP contribution in [0.5, 0.6) is 5.75 Å². The first-order chi connectivity index (χ1) is 14.7. The number of nitrogens with one attached hydrogen (secondary N) is 1. The Bertz CT molecular complexity index is 1160. The number of thiazole rings is 1. The van der Waals surface area contributed by atoms with Crippen molar-refractivity contribution in [2.45, 2.75) is 6.61 Å². The van der Waals surface area contributed by atoms with Crippen LogP contribution in [0.3, 0.4) is 0 Å². The van der Waals surface area contributed by atoms with Gasteiger partial charge in [0.1, 0.15) is 18.2 Å². The van der Waals surface area contributed by atoms with Crippen molar-refractivity contribution in [2.24, 2.45) is 5.10 Å². The first-order valence-electron chi connectivity index (χ1n) is 9.14. The molecule has 4 rings (SSSR count). The minimum Gasteiger partial charge on any atom is -0.488 e. The Morgan fingerprint density at radius 3 is 2.77 bits per heavy atom. The lowest BCUT2D eigenvalue weighted by molar-refractivity contribution is 0.305. The van der Waals surface area contributed by atoms with Crippen LogP contribution in [0.1, 0.15) is 11.1 Å². The van der Waals surface area contributed by atoms with Crippen molar-refractivity contribution >= 4 is 34.3 Å². The molecule has 0 bridgehead atoms. The maximum absolute atomic E-state index is 13.4. The fourth-order valence-electron chi connectivity index (χ4n) is 2.76. The van der Waals surface area contributed by atoms with Gasteiger partial charge in [-0.25, -0.2) is 9.37 Å². The van der Waals surface area contributed by atoms with Gasteiger partial charge in [-0.2, -0.15) is 5.10 Å². The highest BCUT2D eigenvalue weighted by molar-refractivity contribution is 7.14. The maximum atomic E-state index is 13.4. The third kappa shape index (κ3) is 5.23. The summed E-state index contributed by atoms with van der Waals surface area (Å²) in [5.41, 5.74) is 6.32.